The largest absolute Gasteiger partial charge is 0.495 e. The van der Waals surface area contributed by atoms with Gasteiger partial charge in [-0.25, -0.2) is 4.98 Å². The molecule has 0 unspecified atom stereocenters. The van der Waals surface area contributed by atoms with Crippen LogP contribution in [0.5, 0.6) is 5.75 Å². The fourth-order valence-corrected chi connectivity index (χ4v) is 2.19. The fraction of sp³-hybridized carbons (Fsp3) is 0.133. The molecule has 0 saturated carbocycles. The van der Waals surface area contributed by atoms with Gasteiger partial charge in [-0.3, -0.25) is 4.79 Å². The molecule has 0 atom stereocenters. The van der Waals surface area contributed by atoms with Crippen LogP contribution in [0.2, 0.25) is 0 Å². The van der Waals surface area contributed by atoms with Crippen LogP contribution in [0.3, 0.4) is 0 Å². The number of anilines is 2. The van der Waals surface area contributed by atoms with Gasteiger partial charge in [0, 0.05) is 17.8 Å². The first-order valence-corrected chi connectivity index (χ1v) is 7.24. The molecule has 1 heterocycles. The summed E-state index contributed by atoms with van der Waals surface area (Å²) < 4.78 is 5.19. The third-order valence-electron chi connectivity index (χ3n) is 2.74. The Kier molecular flexibility index (Phi) is 5.11. The van der Waals surface area contributed by atoms with Crippen molar-refractivity contribution in [3.8, 4) is 11.8 Å². The lowest BCUT2D eigenvalue weighted by atomic mass is 10.2. The highest BCUT2D eigenvalue weighted by atomic mass is 32.1. The SMILES string of the molecule is COc1ccc(C)cc1NC(=O)/C(C#N)=C\Nc1nccs1. The Hall–Kier alpha value is -2.85. The Bertz CT molecular complexity index is 732. The van der Waals surface area contributed by atoms with Gasteiger partial charge in [0.05, 0.1) is 12.8 Å². The number of nitrogens with zero attached hydrogens (tertiary/aromatic N) is 2. The smallest absolute Gasteiger partial charge is 0.267 e. The molecule has 0 aliphatic rings. The number of thiazole rings is 1. The summed E-state index contributed by atoms with van der Waals surface area (Å²) in [5.41, 5.74) is 1.43. The van der Waals surface area contributed by atoms with E-state index in [0.29, 0.717) is 16.6 Å². The molecule has 0 bridgehead atoms. The highest BCUT2D eigenvalue weighted by Crippen LogP contribution is 2.25. The number of carbonyl (C=O) groups excluding carboxylic acids is 1. The molecular weight excluding hydrogens is 300 g/mol. The average molecular weight is 314 g/mol. The van der Waals surface area contributed by atoms with Gasteiger partial charge in [-0.15, -0.1) is 11.3 Å². The van der Waals surface area contributed by atoms with Crippen molar-refractivity contribution in [2.45, 2.75) is 6.92 Å². The number of nitriles is 1. The summed E-state index contributed by atoms with van der Waals surface area (Å²) in [7, 11) is 1.52. The van der Waals surface area contributed by atoms with Crippen molar-refractivity contribution in [3.63, 3.8) is 0 Å². The minimum Gasteiger partial charge on any atom is -0.495 e. The van der Waals surface area contributed by atoms with Gasteiger partial charge in [-0.05, 0) is 24.6 Å². The van der Waals surface area contributed by atoms with Crippen LogP contribution in [0.15, 0.2) is 41.5 Å². The molecule has 0 aliphatic heterocycles. The van der Waals surface area contributed by atoms with E-state index < -0.39 is 5.91 Å². The Labute approximate surface area is 132 Å². The maximum atomic E-state index is 12.2. The Morgan fingerprint density at radius 1 is 1.50 bits per heavy atom. The van der Waals surface area contributed by atoms with Crippen LogP contribution in [-0.2, 0) is 4.79 Å². The van der Waals surface area contributed by atoms with E-state index in [0.717, 1.165) is 5.56 Å². The number of ether oxygens (including phenoxy) is 1. The van der Waals surface area contributed by atoms with Crippen molar-refractivity contribution in [2.24, 2.45) is 0 Å². The van der Waals surface area contributed by atoms with E-state index in [1.54, 1.807) is 23.7 Å². The molecule has 1 amide bonds. The van der Waals surface area contributed by atoms with E-state index in [-0.39, 0.29) is 5.57 Å². The highest BCUT2D eigenvalue weighted by molar-refractivity contribution is 7.13. The quantitative estimate of drug-likeness (QED) is 0.654. The van der Waals surface area contributed by atoms with Crippen molar-refractivity contribution in [1.82, 2.24) is 4.98 Å². The van der Waals surface area contributed by atoms with Crippen LogP contribution in [0, 0.1) is 18.3 Å². The van der Waals surface area contributed by atoms with Gasteiger partial charge in [0.2, 0.25) is 0 Å². The normalized spacial score (nSPS) is 10.7. The van der Waals surface area contributed by atoms with E-state index in [2.05, 4.69) is 15.6 Å². The van der Waals surface area contributed by atoms with Gasteiger partial charge < -0.3 is 15.4 Å². The molecule has 112 valence electrons. The first kappa shape index (κ1) is 15.5. The third kappa shape index (κ3) is 3.84. The number of amides is 1. The lowest BCUT2D eigenvalue weighted by Crippen LogP contribution is -2.15. The number of carbonyl (C=O) groups is 1. The van der Waals surface area contributed by atoms with Crippen LogP contribution in [0.1, 0.15) is 5.56 Å². The summed E-state index contributed by atoms with van der Waals surface area (Å²) in [5.74, 6) is 0.0135. The zero-order valence-corrected chi connectivity index (χ0v) is 12.9. The Balaban J connectivity index is 2.14. The lowest BCUT2D eigenvalue weighted by Gasteiger charge is -2.10. The molecule has 0 aliphatic carbocycles. The van der Waals surface area contributed by atoms with Crippen LogP contribution in [-0.4, -0.2) is 18.0 Å². The number of nitrogens with one attached hydrogen (secondary N) is 2. The summed E-state index contributed by atoms with van der Waals surface area (Å²) in [6.45, 7) is 1.90. The molecule has 22 heavy (non-hydrogen) atoms. The van der Waals surface area contributed by atoms with Crippen molar-refractivity contribution in [2.75, 3.05) is 17.7 Å². The molecule has 0 saturated heterocycles. The van der Waals surface area contributed by atoms with Crippen molar-refractivity contribution >= 4 is 28.1 Å². The summed E-state index contributed by atoms with van der Waals surface area (Å²) in [6.07, 6.45) is 2.96. The predicted molar refractivity (Wildman–Crippen MR) is 85.8 cm³/mol. The van der Waals surface area contributed by atoms with E-state index >= 15 is 0 Å². The molecule has 7 heteroatoms. The lowest BCUT2D eigenvalue weighted by molar-refractivity contribution is -0.112. The summed E-state index contributed by atoms with van der Waals surface area (Å²) in [6, 6.07) is 7.27. The molecule has 1 aromatic carbocycles. The molecule has 0 radical (unpaired) electrons. The van der Waals surface area contributed by atoms with Crippen LogP contribution in [0.25, 0.3) is 0 Å². The van der Waals surface area contributed by atoms with E-state index in [9.17, 15) is 4.79 Å². The second-order valence-electron chi connectivity index (χ2n) is 4.31. The van der Waals surface area contributed by atoms with Crippen LogP contribution >= 0.6 is 11.3 Å². The van der Waals surface area contributed by atoms with Crippen LogP contribution < -0.4 is 15.4 Å². The standard InChI is InChI=1S/C15H14N4O2S/c1-10-3-4-13(21-2)12(7-10)19-14(20)11(8-16)9-18-15-17-5-6-22-15/h3-7,9H,1-2H3,(H,17,18)(H,19,20)/b11-9-. The zero-order chi connectivity index (χ0) is 15.9. The van der Waals surface area contributed by atoms with Crippen molar-refractivity contribution in [3.05, 3.63) is 47.1 Å². The van der Waals surface area contributed by atoms with Gasteiger partial charge in [-0.2, -0.15) is 5.26 Å². The van der Waals surface area contributed by atoms with Crippen molar-refractivity contribution in [1.29, 1.82) is 5.26 Å². The fourth-order valence-electron chi connectivity index (χ4n) is 1.69. The average Bonchev–Trinajstić information content (AvgIpc) is 3.01. The number of methoxy groups -OCH3 is 1. The molecular formula is C15H14N4O2S. The molecule has 0 spiro atoms. The number of aryl methyl sites for hydroxylation is 1. The van der Waals surface area contributed by atoms with Gasteiger partial charge >= 0.3 is 0 Å². The summed E-state index contributed by atoms with van der Waals surface area (Å²) in [4.78, 5) is 16.2. The summed E-state index contributed by atoms with van der Waals surface area (Å²) in [5, 5.41) is 17.0. The second-order valence-corrected chi connectivity index (χ2v) is 5.20. The second kappa shape index (κ2) is 7.24. The van der Waals surface area contributed by atoms with Gasteiger partial charge in [0.25, 0.3) is 5.91 Å². The number of aromatic nitrogens is 1. The first-order valence-electron chi connectivity index (χ1n) is 6.36. The Morgan fingerprint density at radius 3 is 2.95 bits per heavy atom. The van der Waals surface area contributed by atoms with E-state index in [4.69, 9.17) is 10.00 Å². The number of rotatable bonds is 5. The molecule has 6 nitrogen and oxygen atoms in total. The van der Waals surface area contributed by atoms with Gasteiger partial charge in [0.1, 0.15) is 17.4 Å². The third-order valence-corrected chi connectivity index (χ3v) is 3.44. The van der Waals surface area contributed by atoms with Crippen molar-refractivity contribution < 1.29 is 9.53 Å². The maximum Gasteiger partial charge on any atom is 0.267 e. The predicted octanol–water partition coefficient (Wildman–Crippen LogP) is 2.92. The topological polar surface area (TPSA) is 87.0 Å². The van der Waals surface area contributed by atoms with E-state index in [1.807, 2.05) is 19.1 Å². The number of hydrogen-bond acceptors (Lipinski definition) is 6. The molecule has 2 N–H and O–H groups in total. The number of hydrogen-bond donors (Lipinski definition) is 2. The minimum atomic E-state index is -0.518. The zero-order valence-electron chi connectivity index (χ0n) is 12.1. The van der Waals surface area contributed by atoms with E-state index in [1.165, 1.54) is 24.6 Å². The maximum absolute atomic E-state index is 12.2. The van der Waals surface area contributed by atoms with Crippen LogP contribution in [0.4, 0.5) is 10.8 Å². The highest BCUT2D eigenvalue weighted by Gasteiger charge is 2.12. The Morgan fingerprint density at radius 2 is 2.32 bits per heavy atom. The molecule has 2 aromatic rings. The monoisotopic (exact) mass is 314 g/mol. The number of benzene rings is 1. The molecule has 2 rings (SSSR count). The minimum absolute atomic E-state index is 0.0567. The van der Waals surface area contributed by atoms with Gasteiger partial charge in [0.15, 0.2) is 5.13 Å². The first-order chi connectivity index (χ1) is 10.6. The van der Waals surface area contributed by atoms with Gasteiger partial charge in [-0.1, -0.05) is 6.07 Å². The molecule has 0 fully saturated rings. The molecule has 1 aromatic heterocycles. The summed E-state index contributed by atoms with van der Waals surface area (Å²) >= 11 is 1.37.